The van der Waals surface area contributed by atoms with E-state index in [-0.39, 0.29) is 11.7 Å². The van der Waals surface area contributed by atoms with Gasteiger partial charge in [0.05, 0.1) is 10.8 Å². The lowest BCUT2D eigenvalue weighted by Crippen LogP contribution is -2.34. The molecule has 1 rings (SSSR count). The molecule has 0 radical (unpaired) electrons. The number of carbonyl (C=O) groups excluding carboxylic acids is 1. The average Bonchev–Trinajstić information content (AvgIpc) is 2.27. The molecule has 1 aromatic rings. The number of halogens is 1. The van der Waals surface area contributed by atoms with E-state index in [1.807, 2.05) is 0 Å². The highest BCUT2D eigenvalue weighted by Gasteiger charge is 2.22. The summed E-state index contributed by atoms with van der Waals surface area (Å²) < 4.78 is 24.6. The van der Waals surface area contributed by atoms with Gasteiger partial charge in [-0.3, -0.25) is 9.00 Å². The highest BCUT2D eigenvalue weighted by atomic mass is 32.2. The van der Waals surface area contributed by atoms with E-state index in [4.69, 9.17) is 0 Å². The van der Waals surface area contributed by atoms with Crippen LogP contribution in [-0.4, -0.2) is 34.4 Å². The molecule has 0 bridgehead atoms. The third-order valence-electron chi connectivity index (χ3n) is 2.16. The smallest absolute Gasteiger partial charge is 0.237 e. The van der Waals surface area contributed by atoms with Gasteiger partial charge in [-0.25, -0.2) is 4.39 Å². The third kappa shape index (κ3) is 2.88. The van der Waals surface area contributed by atoms with Crippen molar-refractivity contribution in [3.8, 4) is 0 Å². The Morgan fingerprint density at radius 1 is 1.31 bits per heavy atom. The molecule has 0 saturated heterocycles. The van der Waals surface area contributed by atoms with E-state index in [0.717, 1.165) is 0 Å². The maximum absolute atomic E-state index is 12.7. The fraction of sp³-hybridized carbons (Fsp3) is 0.364. The van der Waals surface area contributed by atoms with E-state index in [1.54, 1.807) is 21.0 Å². The predicted octanol–water partition coefficient (Wildman–Crippen LogP) is 1.41. The van der Waals surface area contributed by atoms with Gasteiger partial charge in [0, 0.05) is 19.0 Å². The Bertz CT molecular complexity index is 403. The molecule has 2 atom stereocenters. The average molecular weight is 243 g/mol. The quantitative estimate of drug-likeness (QED) is 0.805. The van der Waals surface area contributed by atoms with Gasteiger partial charge < -0.3 is 4.90 Å². The van der Waals surface area contributed by atoms with Crippen molar-refractivity contribution in [3.05, 3.63) is 30.1 Å². The number of nitrogens with zero attached hydrogens (tertiary/aromatic N) is 1. The largest absolute Gasteiger partial charge is 0.348 e. The lowest BCUT2D eigenvalue weighted by molar-refractivity contribution is -0.127. The van der Waals surface area contributed by atoms with Gasteiger partial charge in [-0.1, -0.05) is 0 Å². The molecule has 1 amide bonds. The first-order valence-corrected chi connectivity index (χ1v) is 6.02. The standard InChI is InChI=1S/C11H14FNO2S/c1-8(11(14)13(2)3)16(15)10-6-4-9(12)5-7-10/h4-8H,1-3H3. The fourth-order valence-corrected chi connectivity index (χ4v) is 2.43. The number of hydrogen-bond acceptors (Lipinski definition) is 2. The highest BCUT2D eigenvalue weighted by molar-refractivity contribution is 7.86. The summed E-state index contributed by atoms with van der Waals surface area (Å²) in [7, 11) is 1.78. The van der Waals surface area contributed by atoms with Gasteiger partial charge in [-0.2, -0.15) is 0 Å². The second kappa shape index (κ2) is 5.21. The summed E-state index contributed by atoms with van der Waals surface area (Å²) in [5.41, 5.74) is 0. The van der Waals surface area contributed by atoms with E-state index >= 15 is 0 Å². The molecule has 0 saturated carbocycles. The Labute approximate surface area is 96.7 Å². The maximum atomic E-state index is 12.7. The minimum Gasteiger partial charge on any atom is -0.348 e. The lowest BCUT2D eigenvalue weighted by atomic mass is 10.3. The SMILES string of the molecule is CC(C(=O)N(C)C)S(=O)c1ccc(F)cc1. The van der Waals surface area contributed by atoms with Crippen LogP contribution in [0.3, 0.4) is 0 Å². The summed E-state index contributed by atoms with van der Waals surface area (Å²) in [5, 5.41) is -0.625. The van der Waals surface area contributed by atoms with Crippen molar-refractivity contribution in [1.82, 2.24) is 4.90 Å². The molecule has 0 aliphatic heterocycles. The first-order valence-electron chi connectivity index (χ1n) is 4.81. The Morgan fingerprint density at radius 3 is 2.25 bits per heavy atom. The minimum atomic E-state index is -1.44. The van der Waals surface area contributed by atoms with Crippen molar-refractivity contribution in [2.24, 2.45) is 0 Å². The zero-order chi connectivity index (χ0) is 12.3. The van der Waals surface area contributed by atoms with Crippen molar-refractivity contribution in [2.75, 3.05) is 14.1 Å². The van der Waals surface area contributed by atoms with E-state index in [2.05, 4.69) is 0 Å². The second-order valence-corrected chi connectivity index (χ2v) is 5.40. The summed E-state index contributed by atoms with van der Waals surface area (Å²) in [5.74, 6) is -0.588. The number of carbonyl (C=O) groups is 1. The van der Waals surface area contributed by atoms with Crippen LogP contribution in [0.5, 0.6) is 0 Å². The molecule has 0 heterocycles. The molecule has 0 aliphatic carbocycles. The van der Waals surface area contributed by atoms with Crippen molar-refractivity contribution in [3.63, 3.8) is 0 Å². The van der Waals surface area contributed by atoms with Gasteiger partial charge in [-0.05, 0) is 31.2 Å². The van der Waals surface area contributed by atoms with Crippen LogP contribution in [0.15, 0.2) is 29.2 Å². The summed E-state index contributed by atoms with van der Waals surface area (Å²) >= 11 is 0. The van der Waals surface area contributed by atoms with Crippen LogP contribution in [0, 0.1) is 5.82 Å². The molecule has 0 fully saturated rings. The van der Waals surface area contributed by atoms with E-state index in [9.17, 15) is 13.4 Å². The lowest BCUT2D eigenvalue weighted by Gasteiger charge is -2.16. The van der Waals surface area contributed by atoms with Crippen LogP contribution in [0.2, 0.25) is 0 Å². The summed E-state index contributed by atoms with van der Waals surface area (Å²) in [6, 6.07) is 5.34. The minimum absolute atomic E-state index is 0.206. The zero-order valence-corrected chi connectivity index (χ0v) is 10.3. The van der Waals surface area contributed by atoms with Crippen LogP contribution in [0.4, 0.5) is 4.39 Å². The first-order chi connectivity index (χ1) is 7.43. The van der Waals surface area contributed by atoms with Gasteiger partial charge in [-0.15, -0.1) is 0 Å². The van der Waals surface area contributed by atoms with E-state index in [0.29, 0.717) is 4.90 Å². The van der Waals surface area contributed by atoms with Gasteiger partial charge in [0.2, 0.25) is 5.91 Å². The van der Waals surface area contributed by atoms with E-state index < -0.39 is 16.0 Å². The van der Waals surface area contributed by atoms with Gasteiger partial charge >= 0.3 is 0 Å². The van der Waals surface area contributed by atoms with Crippen LogP contribution in [-0.2, 0) is 15.6 Å². The summed E-state index contributed by atoms with van der Waals surface area (Å²) in [6.07, 6.45) is 0. The molecule has 0 aliphatic rings. The van der Waals surface area contributed by atoms with Crippen LogP contribution < -0.4 is 0 Å². The Hall–Kier alpha value is -1.23. The zero-order valence-electron chi connectivity index (χ0n) is 9.44. The van der Waals surface area contributed by atoms with Crippen molar-refractivity contribution in [2.45, 2.75) is 17.1 Å². The predicted molar refractivity (Wildman–Crippen MR) is 61.0 cm³/mol. The summed E-state index contributed by atoms with van der Waals surface area (Å²) in [6.45, 7) is 1.60. The maximum Gasteiger partial charge on any atom is 0.237 e. The van der Waals surface area contributed by atoms with Crippen LogP contribution >= 0.6 is 0 Å². The summed E-state index contributed by atoms with van der Waals surface area (Å²) in [4.78, 5) is 13.4. The number of rotatable bonds is 3. The van der Waals surface area contributed by atoms with Gasteiger partial charge in [0.25, 0.3) is 0 Å². The van der Waals surface area contributed by atoms with Crippen molar-refractivity contribution < 1.29 is 13.4 Å². The fourth-order valence-electron chi connectivity index (χ4n) is 1.23. The number of amides is 1. The molecular weight excluding hydrogens is 229 g/mol. The second-order valence-electron chi connectivity index (χ2n) is 3.63. The molecule has 16 heavy (non-hydrogen) atoms. The molecule has 88 valence electrons. The highest BCUT2D eigenvalue weighted by Crippen LogP contribution is 2.13. The molecular formula is C11H14FNO2S. The normalized spacial score (nSPS) is 14.2. The molecule has 1 aromatic carbocycles. The molecule has 0 N–H and O–H groups in total. The Morgan fingerprint density at radius 2 is 1.81 bits per heavy atom. The Kier molecular flexibility index (Phi) is 4.18. The first kappa shape index (κ1) is 12.8. The topological polar surface area (TPSA) is 37.4 Å². The van der Waals surface area contributed by atoms with Gasteiger partial charge in [0.1, 0.15) is 11.1 Å². The third-order valence-corrected chi connectivity index (χ3v) is 3.74. The van der Waals surface area contributed by atoms with Crippen molar-refractivity contribution >= 4 is 16.7 Å². The Balaban J connectivity index is 2.86. The van der Waals surface area contributed by atoms with Crippen LogP contribution in [0.1, 0.15) is 6.92 Å². The van der Waals surface area contributed by atoms with Crippen molar-refractivity contribution in [1.29, 1.82) is 0 Å². The molecule has 3 nitrogen and oxygen atoms in total. The molecule has 5 heteroatoms. The molecule has 0 aromatic heterocycles. The monoisotopic (exact) mass is 243 g/mol. The van der Waals surface area contributed by atoms with E-state index in [1.165, 1.54) is 29.2 Å². The van der Waals surface area contributed by atoms with Crippen LogP contribution in [0.25, 0.3) is 0 Å². The number of hydrogen-bond donors (Lipinski definition) is 0. The number of benzene rings is 1. The van der Waals surface area contributed by atoms with Gasteiger partial charge in [0.15, 0.2) is 0 Å². The molecule has 0 spiro atoms. The molecule has 2 unspecified atom stereocenters.